The van der Waals surface area contributed by atoms with E-state index in [1.54, 1.807) is 7.11 Å². The first-order chi connectivity index (χ1) is 12.5. The lowest BCUT2D eigenvalue weighted by molar-refractivity contribution is 0.355. The molecule has 0 radical (unpaired) electrons. The van der Waals surface area contributed by atoms with Crippen LogP contribution in [0, 0.1) is 17.5 Å². The molecule has 8 heteroatoms. The molecule has 0 unspecified atom stereocenters. The summed E-state index contributed by atoms with van der Waals surface area (Å²) >= 11 is 0. The molecule has 1 heterocycles. The molecule has 0 saturated carbocycles. The summed E-state index contributed by atoms with van der Waals surface area (Å²) in [6, 6.07) is 4.89. The monoisotopic (exact) mass is 361 g/mol. The van der Waals surface area contributed by atoms with Crippen molar-refractivity contribution in [2.75, 3.05) is 19.5 Å². The Bertz CT molecular complexity index is 994. The number of anilines is 2. The number of H-pyrrole nitrogens is 1. The van der Waals surface area contributed by atoms with Crippen LogP contribution < -0.4 is 14.8 Å². The number of benzene rings is 2. The average molecular weight is 361 g/mol. The largest absolute Gasteiger partial charge is 0.493 e. The summed E-state index contributed by atoms with van der Waals surface area (Å²) < 4.78 is 51.5. The van der Waals surface area contributed by atoms with E-state index in [2.05, 4.69) is 15.5 Å². The molecular formula is C18H14F3N3O2. The number of ether oxygens (including phenoxy) is 2. The maximum absolute atomic E-state index is 13.9. The fourth-order valence-electron chi connectivity index (χ4n) is 3.13. The van der Waals surface area contributed by atoms with Crippen LogP contribution in [-0.4, -0.2) is 24.4 Å². The standard InChI is InChI=1S/C18H14F3N3O2/c1-25-14-4-8-3-11-16(10(8)7-15(14)26-2)23-24-18(11)22-17-12(20)5-9(19)6-13(17)21/h4-7H,3H2,1-2H3,(H2,22,23,24). The van der Waals surface area contributed by atoms with Gasteiger partial charge in [-0.1, -0.05) is 0 Å². The summed E-state index contributed by atoms with van der Waals surface area (Å²) in [6.45, 7) is 0. The third-order valence-corrected chi connectivity index (χ3v) is 4.36. The van der Waals surface area contributed by atoms with E-state index >= 15 is 0 Å². The molecule has 1 aliphatic rings. The topological polar surface area (TPSA) is 59.2 Å². The fourth-order valence-corrected chi connectivity index (χ4v) is 3.13. The zero-order chi connectivity index (χ0) is 18.4. The summed E-state index contributed by atoms with van der Waals surface area (Å²) in [5.74, 6) is -1.53. The molecule has 0 bridgehead atoms. The molecule has 134 valence electrons. The van der Waals surface area contributed by atoms with Gasteiger partial charge in [-0.05, 0) is 17.7 Å². The molecule has 2 N–H and O–H groups in total. The van der Waals surface area contributed by atoms with Crippen LogP contribution in [0.25, 0.3) is 11.3 Å². The maximum Gasteiger partial charge on any atom is 0.161 e. The number of hydrogen-bond donors (Lipinski definition) is 2. The molecule has 26 heavy (non-hydrogen) atoms. The Morgan fingerprint density at radius 1 is 1.00 bits per heavy atom. The first-order valence-electron chi connectivity index (χ1n) is 7.76. The number of aromatic nitrogens is 2. The van der Waals surface area contributed by atoms with Crippen molar-refractivity contribution in [3.05, 3.63) is 52.8 Å². The van der Waals surface area contributed by atoms with Crippen molar-refractivity contribution in [2.24, 2.45) is 0 Å². The van der Waals surface area contributed by atoms with E-state index in [4.69, 9.17) is 9.47 Å². The van der Waals surface area contributed by atoms with Gasteiger partial charge in [-0.25, -0.2) is 13.2 Å². The predicted octanol–water partition coefficient (Wildman–Crippen LogP) is 4.16. The quantitative estimate of drug-likeness (QED) is 0.573. The second-order valence-electron chi connectivity index (χ2n) is 5.84. The van der Waals surface area contributed by atoms with Crippen molar-refractivity contribution in [3.8, 4) is 22.8 Å². The third-order valence-electron chi connectivity index (χ3n) is 4.36. The highest BCUT2D eigenvalue weighted by Crippen LogP contribution is 2.44. The van der Waals surface area contributed by atoms with Crippen molar-refractivity contribution in [2.45, 2.75) is 6.42 Å². The lowest BCUT2D eigenvalue weighted by Crippen LogP contribution is -2.01. The lowest BCUT2D eigenvalue weighted by atomic mass is 10.1. The Balaban J connectivity index is 1.73. The van der Waals surface area contributed by atoms with Crippen LogP contribution in [-0.2, 0) is 6.42 Å². The summed E-state index contributed by atoms with van der Waals surface area (Å²) in [7, 11) is 3.09. The Hall–Kier alpha value is -3.16. The van der Waals surface area contributed by atoms with Crippen molar-refractivity contribution < 1.29 is 22.6 Å². The molecule has 0 saturated heterocycles. The number of hydrogen-bond acceptors (Lipinski definition) is 4. The van der Waals surface area contributed by atoms with Crippen molar-refractivity contribution in [1.29, 1.82) is 0 Å². The van der Waals surface area contributed by atoms with Gasteiger partial charge in [0, 0.05) is 29.7 Å². The van der Waals surface area contributed by atoms with Crippen LogP contribution in [0.3, 0.4) is 0 Å². The fraction of sp³-hybridized carbons (Fsp3) is 0.167. The SMILES string of the molecule is COc1cc2c(cc1OC)-c1n[nH]c(Nc3c(F)cc(F)cc3F)c1C2. The van der Waals surface area contributed by atoms with Gasteiger partial charge < -0.3 is 14.8 Å². The first-order valence-corrected chi connectivity index (χ1v) is 7.76. The van der Waals surface area contributed by atoms with Crippen LogP contribution >= 0.6 is 0 Å². The van der Waals surface area contributed by atoms with Crippen LogP contribution in [0.2, 0.25) is 0 Å². The van der Waals surface area contributed by atoms with Gasteiger partial charge in [0.1, 0.15) is 17.3 Å². The molecule has 0 amide bonds. The second-order valence-corrected chi connectivity index (χ2v) is 5.84. The van der Waals surface area contributed by atoms with Gasteiger partial charge in [0.25, 0.3) is 0 Å². The molecule has 1 aliphatic carbocycles. The van der Waals surface area contributed by atoms with E-state index < -0.39 is 23.1 Å². The van der Waals surface area contributed by atoms with Gasteiger partial charge >= 0.3 is 0 Å². The molecular weight excluding hydrogens is 347 g/mol. The Kier molecular flexibility index (Phi) is 3.75. The van der Waals surface area contributed by atoms with Crippen molar-refractivity contribution in [1.82, 2.24) is 10.2 Å². The highest BCUT2D eigenvalue weighted by atomic mass is 19.1. The Labute approximate surface area is 146 Å². The summed E-state index contributed by atoms with van der Waals surface area (Å²) in [4.78, 5) is 0. The minimum atomic E-state index is -1.02. The number of methoxy groups -OCH3 is 2. The molecule has 5 nitrogen and oxygen atoms in total. The summed E-state index contributed by atoms with van der Waals surface area (Å²) in [5.41, 5.74) is 2.77. The molecule has 0 spiro atoms. The predicted molar refractivity (Wildman–Crippen MR) is 89.5 cm³/mol. The Morgan fingerprint density at radius 2 is 1.65 bits per heavy atom. The normalized spacial score (nSPS) is 11.9. The number of fused-ring (bicyclic) bond motifs is 3. The smallest absolute Gasteiger partial charge is 0.161 e. The molecule has 0 fully saturated rings. The molecule has 2 aromatic carbocycles. The molecule has 1 aromatic heterocycles. The van der Waals surface area contributed by atoms with Crippen molar-refractivity contribution in [3.63, 3.8) is 0 Å². The van der Waals surface area contributed by atoms with Crippen LogP contribution in [0.15, 0.2) is 24.3 Å². The molecule has 0 atom stereocenters. The average Bonchev–Trinajstić information content (AvgIpc) is 3.15. The van der Waals surface area contributed by atoms with E-state index in [0.717, 1.165) is 16.7 Å². The van der Waals surface area contributed by atoms with Gasteiger partial charge in [0.2, 0.25) is 0 Å². The molecule has 4 rings (SSSR count). The summed E-state index contributed by atoms with van der Waals surface area (Å²) in [5, 5.41) is 9.62. The second kappa shape index (κ2) is 5.98. The van der Waals surface area contributed by atoms with Crippen molar-refractivity contribution >= 4 is 11.5 Å². The van der Waals surface area contributed by atoms with E-state index in [0.29, 0.717) is 41.6 Å². The van der Waals surface area contributed by atoms with Crippen LogP contribution in [0.4, 0.5) is 24.7 Å². The number of nitrogens with zero attached hydrogens (tertiary/aromatic N) is 1. The summed E-state index contributed by atoms with van der Waals surface area (Å²) in [6.07, 6.45) is 0.494. The lowest BCUT2D eigenvalue weighted by Gasteiger charge is -2.10. The number of aromatic amines is 1. The highest BCUT2D eigenvalue weighted by molar-refractivity contribution is 5.81. The highest BCUT2D eigenvalue weighted by Gasteiger charge is 2.28. The van der Waals surface area contributed by atoms with E-state index in [1.807, 2.05) is 12.1 Å². The van der Waals surface area contributed by atoms with Gasteiger partial charge in [-0.3, -0.25) is 5.10 Å². The van der Waals surface area contributed by atoms with E-state index in [-0.39, 0.29) is 0 Å². The van der Waals surface area contributed by atoms with E-state index in [1.165, 1.54) is 7.11 Å². The minimum absolute atomic E-state index is 0.346. The van der Waals surface area contributed by atoms with Gasteiger partial charge in [-0.2, -0.15) is 5.10 Å². The van der Waals surface area contributed by atoms with Crippen LogP contribution in [0.5, 0.6) is 11.5 Å². The Morgan fingerprint density at radius 3 is 2.31 bits per heavy atom. The number of halogens is 3. The number of rotatable bonds is 4. The van der Waals surface area contributed by atoms with Crippen LogP contribution in [0.1, 0.15) is 11.1 Å². The molecule has 3 aromatic rings. The molecule has 0 aliphatic heterocycles. The zero-order valence-electron chi connectivity index (χ0n) is 13.9. The number of nitrogens with one attached hydrogen (secondary N) is 2. The minimum Gasteiger partial charge on any atom is -0.493 e. The van der Waals surface area contributed by atoms with E-state index in [9.17, 15) is 13.2 Å². The first kappa shape index (κ1) is 16.3. The maximum atomic E-state index is 13.9. The zero-order valence-corrected chi connectivity index (χ0v) is 13.9. The van der Waals surface area contributed by atoms with Gasteiger partial charge in [0.15, 0.2) is 23.1 Å². The van der Waals surface area contributed by atoms with Gasteiger partial charge in [0.05, 0.1) is 19.9 Å². The third kappa shape index (κ3) is 2.45. The van der Waals surface area contributed by atoms with Gasteiger partial charge in [-0.15, -0.1) is 0 Å².